The topological polar surface area (TPSA) is 99.5 Å². The van der Waals surface area contributed by atoms with Crippen molar-refractivity contribution >= 4 is 30.6 Å². The average molecular weight is 723 g/mol. The first-order chi connectivity index (χ1) is 26.4. The number of fused-ring (bicyclic) bond motifs is 3. The Hall–Kier alpha value is -4.96. The molecule has 2 amide bonds. The van der Waals surface area contributed by atoms with Crippen LogP contribution in [0.1, 0.15) is 48.8 Å². The van der Waals surface area contributed by atoms with Crippen molar-refractivity contribution in [2.75, 3.05) is 19.7 Å². The van der Waals surface area contributed by atoms with Crippen molar-refractivity contribution in [3.8, 4) is 11.5 Å². The Morgan fingerprint density at radius 1 is 0.852 bits per heavy atom. The minimum absolute atomic E-state index is 0.0827. The fraction of sp³-hybridized carbons (Fsp3) is 0.333. The summed E-state index contributed by atoms with van der Waals surface area (Å²) in [5, 5.41) is 21.4. The lowest BCUT2D eigenvalue weighted by atomic mass is 9.58. The normalized spacial score (nSPS) is 23.8. The number of imide groups is 1. The van der Waals surface area contributed by atoms with Crippen LogP contribution in [0.3, 0.4) is 0 Å². The summed E-state index contributed by atoms with van der Waals surface area (Å²) in [6, 6.07) is 37.3. The van der Waals surface area contributed by atoms with Crippen LogP contribution in [0.15, 0.2) is 126 Å². The molecule has 4 aromatic rings. The largest absolute Gasteiger partial charge is 0.508 e. The van der Waals surface area contributed by atoms with Crippen molar-refractivity contribution in [3.63, 3.8) is 0 Å². The van der Waals surface area contributed by atoms with Crippen molar-refractivity contribution in [2.45, 2.75) is 57.1 Å². The number of ether oxygens (including phenoxy) is 1. The molecule has 9 heteroatoms. The van der Waals surface area contributed by atoms with Crippen LogP contribution < -0.4 is 4.74 Å². The van der Waals surface area contributed by atoms with E-state index in [1.807, 2.05) is 66.7 Å². The van der Waals surface area contributed by atoms with E-state index in [9.17, 15) is 19.7 Å². The molecule has 0 saturated carbocycles. The second kappa shape index (κ2) is 16.2. The Morgan fingerprint density at radius 2 is 1.56 bits per heavy atom. The maximum atomic E-state index is 14.5. The highest BCUT2D eigenvalue weighted by Gasteiger charge is 2.58. The van der Waals surface area contributed by atoms with Crippen molar-refractivity contribution in [3.05, 3.63) is 143 Å². The molecule has 3 saturated heterocycles. The summed E-state index contributed by atoms with van der Waals surface area (Å²) in [4.78, 5) is 32.9. The van der Waals surface area contributed by atoms with Gasteiger partial charge >= 0.3 is 7.12 Å². The van der Waals surface area contributed by atoms with E-state index in [4.69, 9.17) is 9.39 Å². The van der Waals surface area contributed by atoms with E-state index < -0.39 is 25.1 Å². The van der Waals surface area contributed by atoms with Crippen LogP contribution in [-0.2, 0) is 20.8 Å². The van der Waals surface area contributed by atoms with Gasteiger partial charge in [-0.2, -0.15) is 0 Å². The number of carbonyl (C=O) groups is 2. The molecule has 4 aromatic carbocycles. The number of hydrogen-bond acceptors (Lipinski definition) is 7. The third-order valence-electron chi connectivity index (χ3n) is 11.7. The molecule has 1 aliphatic carbocycles. The quantitative estimate of drug-likeness (QED) is 0.0729. The standard InChI is InChI=1S/C45H47BN2O6/c49-37-16-10-13-32(26-37)25-34(33-14-6-2-7-15-33)19-20-41-42-35(30-53-38-17-8-3-9-18-38)27-39-43(40(42)28-46(52)54-41)45(51)48(44(39)50)36-21-23-47(24-22-36)29-31-11-4-1-5-12-31/h1-18,25-26,36,39-41,43,49,52H,19-24,27-30H2/b34-25-/t39-,40+,41-,43-/m1/s1. The Bertz CT molecular complexity index is 2000. The molecule has 2 N–H and O–H groups in total. The number of aromatic hydroxyl groups is 1. The van der Waals surface area contributed by atoms with Gasteiger partial charge < -0.3 is 19.5 Å². The van der Waals surface area contributed by atoms with Crippen molar-refractivity contribution in [1.82, 2.24) is 9.80 Å². The van der Waals surface area contributed by atoms with Gasteiger partial charge in [0.25, 0.3) is 0 Å². The molecule has 0 radical (unpaired) electrons. The summed E-state index contributed by atoms with van der Waals surface area (Å²) >= 11 is 0. The number of phenols is 1. The Morgan fingerprint density at radius 3 is 2.28 bits per heavy atom. The van der Waals surface area contributed by atoms with Gasteiger partial charge in [-0.1, -0.05) is 97.1 Å². The molecule has 8 nitrogen and oxygen atoms in total. The minimum Gasteiger partial charge on any atom is -0.508 e. The lowest BCUT2D eigenvalue weighted by Crippen LogP contribution is -2.48. The van der Waals surface area contributed by atoms with Crippen LogP contribution in [0.2, 0.25) is 6.32 Å². The lowest BCUT2D eigenvalue weighted by Gasteiger charge is -2.43. The van der Waals surface area contributed by atoms with Gasteiger partial charge in [-0.25, -0.2) is 0 Å². The highest BCUT2D eigenvalue weighted by atomic mass is 16.5. The van der Waals surface area contributed by atoms with E-state index in [0.29, 0.717) is 19.3 Å². The van der Waals surface area contributed by atoms with Crippen LogP contribution in [0, 0.1) is 17.8 Å². The predicted octanol–water partition coefficient (Wildman–Crippen LogP) is 7.25. The number of amides is 2. The molecule has 0 unspecified atom stereocenters. The molecule has 0 aromatic heterocycles. The summed E-state index contributed by atoms with van der Waals surface area (Å²) in [7, 11) is -1.06. The third-order valence-corrected chi connectivity index (χ3v) is 11.7. The van der Waals surface area contributed by atoms with Gasteiger partial charge in [0.2, 0.25) is 11.8 Å². The summed E-state index contributed by atoms with van der Waals surface area (Å²) in [6.07, 6.45) is 4.98. The second-order valence-electron chi connectivity index (χ2n) is 15.1. The number of carbonyl (C=O) groups excluding carboxylic acids is 2. The highest BCUT2D eigenvalue weighted by molar-refractivity contribution is 6.43. The van der Waals surface area contributed by atoms with Crippen LogP contribution >= 0.6 is 0 Å². The van der Waals surface area contributed by atoms with Gasteiger partial charge in [0, 0.05) is 25.7 Å². The van der Waals surface area contributed by atoms with E-state index in [2.05, 4.69) is 47.4 Å². The van der Waals surface area contributed by atoms with Gasteiger partial charge in [0.1, 0.15) is 18.1 Å². The van der Waals surface area contributed by atoms with Gasteiger partial charge in [-0.15, -0.1) is 0 Å². The molecule has 4 aliphatic rings. The minimum atomic E-state index is -1.06. The number of hydrogen-bond donors (Lipinski definition) is 2. The molecule has 4 atom stereocenters. The second-order valence-corrected chi connectivity index (χ2v) is 15.1. The first-order valence-electron chi connectivity index (χ1n) is 19.3. The Balaban J connectivity index is 1.06. The Kier molecular flexibility index (Phi) is 10.8. The van der Waals surface area contributed by atoms with E-state index in [1.54, 1.807) is 17.0 Å². The lowest BCUT2D eigenvalue weighted by molar-refractivity contribution is -0.144. The van der Waals surface area contributed by atoms with E-state index in [-0.39, 0.29) is 42.5 Å². The summed E-state index contributed by atoms with van der Waals surface area (Å²) in [6.45, 7) is 2.78. The van der Waals surface area contributed by atoms with Crippen molar-refractivity contribution < 1.29 is 29.1 Å². The maximum absolute atomic E-state index is 14.5. The number of para-hydroxylation sites is 1. The highest BCUT2D eigenvalue weighted by Crippen LogP contribution is 2.51. The predicted molar refractivity (Wildman–Crippen MR) is 210 cm³/mol. The molecule has 3 fully saturated rings. The van der Waals surface area contributed by atoms with Crippen LogP contribution in [-0.4, -0.2) is 70.7 Å². The summed E-state index contributed by atoms with van der Waals surface area (Å²) in [5.41, 5.74) is 6.26. The molecule has 3 aliphatic heterocycles. The zero-order chi connectivity index (χ0) is 37.0. The third kappa shape index (κ3) is 7.81. The number of piperidine rings is 1. The number of likely N-dealkylation sites (tertiary alicyclic amines) is 2. The molecule has 276 valence electrons. The molecule has 0 bridgehead atoms. The molecule has 3 heterocycles. The summed E-state index contributed by atoms with van der Waals surface area (Å²) in [5.74, 6) is -0.602. The first-order valence-corrected chi connectivity index (χ1v) is 19.3. The van der Waals surface area contributed by atoms with Gasteiger partial charge in [-0.3, -0.25) is 19.4 Å². The van der Waals surface area contributed by atoms with Gasteiger partial charge in [-0.05, 0) is 102 Å². The molecule has 0 spiro atoms. The zero-order valence-electron chi connectivity index (χ0n) is 30.5. The molecular formula is C45H47BN2O6. The zero-order valence-corrected chi connectivity index (χ0v) is 30.5. The van der Waals surface area contributed by atoms with E-state index >= 15 is 0 Å². The average Bonchev–Trinajstić information content (AvgIpc) is 3.45. The number of phenolic OH excluding ortho intramolecular Hbond substituents is 1. The Labute approximate surface area is 317 Å². The summed E-state index contributed by atoms with van der Waals surface area (Å²) < 4.78 is 12.7. The number of rotatable bonds is 11. The van der Waals surface area contributed by atoms with Gasteiger partial charge in [0.15, 0.2) is 0 Å². The smallest absolute Gasteiger partial charge is 0.455 e. The van der Waals surface area contributed by atoms with Crippen molar-refractivity contribution in [2.24, 2.45) is 17.8 Å². The fourth-order valence-corrected chi connectivity index (χ4v) is 9.20. The number of benzene rings is 4. The van der Waals surface area contributed by atoms with E-state index in [0.717, 1.165) is 66.1 Å². The number of allylic oxidation sites excluding steroid dienone is 1. The van der Waals surface area contributed by atoms with Crippen LogP contribution in [0.25, 0.3) is 11.6 Å². The van der Waals surface area contributed by atoms with Crippen molar-refractivity contribution in [1.29, 1.82) is 0 Å². The van der Waals surface area contributed by atoms with Gasteiger partial charge in [0.05, 0.1) is 17.9 Å². The molecular weight excluding hydrogens is 675 g/mol. The number of nitrogens with zero attached hydrogens (tertiary/aromatic N) is 2. The fourth-order valence-electron chi connectivity index (χ4n) is 9.20. The molecule has 8 rings (SSSR count). The molecule has 54 heavy (non-hydrogen) atoms. The van der Waals surface area contributed by atoms with E-state index in [1.165, 1.54) is 5.56 Å². The van der Waals surface area contributed by atoms with Crippen LogP contribution in [0.5, 0.6) is 11.5 Å². The maximum Gasteiger partial charge on any atom is 0.455 e. The monoisotopic (exact) mass is 722 g/mol. The SMILES string of the molecule is O=C1[C@@H]2[C@@H](CC(COc3ccccc3)=C3[C@@H](CC/C(=C/c4cccc(O)c4)c4ccccc4)OB(O)C[C@@H]32)C(=O)N1C1CCN(Cc2ccccc2)CC1. The van der Waals surface area contributed by atoms with Crippen LogP contribution in [0.4, 0.5) is 0 Å². The first kappa shape index (κ1) is 36.0.